The maximum absolute atomic E-state index is 8.45. The van der Waals surface area contributed by atoms with E-state index in [1.54, 1.807) is 0 Å². The molecular weight excluding hydrogens is 160 g/mol. The van der Waals surface area contributed by atoms with Crippen LogP contribution in [0.2, 0.25) is 0 Å². The van der Waals surface area contributed by atoms with Gasteiger partial charge < -0.3 is 15.9 Å². The lowest BCUT2D eigenvalue weighted by Crippen LogP contribution is -2.39. The molecule has 0 unspecified atom stereocenters. The molecule has 12 heavy (non-hydrogen) atoms. The van der Waals surface area contributed by atoms with E-state index in [1.165, 1.54) is 0 Å². The summed E-state index contributed by atoms with van der Waals surface area (Å²) in [6.07, 6.45) is 0.425. The highest BCUT2D eigenvalue weighted by Crippen LogP contribution is 2.08. The molecule has 0 aromatic carbocycles. The molecule has 0 amide bonds. The normalized spacial score (nSPS) is 9.67. The van der Waals surface area contributed by atoms with E-state index in [2.05, 4.69) is 11.7 Å². The van der Waals surface area contributed by atoms with Crippen LogP contribution in [-0.4, -0.2) is 29.0 Å². The van der Waals surface area contributed by atoms with Crippen LogP contribution in [0.3, 0.4) is 0 Å². The first kappa shape index (κ1) is 13.9. The number of aliphatic hydroxyl groups is 2. The number of hydrazine groups is 1. The molecule has 0 aromatic rings. The zero-order chi connectivity index (χ0) is 10.0. The summed E-state index contributed by atoms with van der Waals surface area (Å²) in [5.74, 6) is 8.00. The van der Waals surface area contributed by atoms with Gasteiger partial charge in [-0.15, -0.1) is 0 Å². The zero-order valence-corrected chi connectivity index (χ0v) is 6.90. The van der Waals surface area contributed by atoms with Crippen LogP contribution in [-0.2, 0) is 0 Å². The molecule has 0 spiro atoms. The molecule has 72 valence electrons. The lowest BCUT2D eigenvalue weighted by Gasteiger charge is -2.17. The van der Waals surface area contributed by atoms with Crippen LogP contribution in [0, 0.1) is 11.3 Å². The first-order valence-electron chi connectivity index (χ1n) is 3.44. The highest BCUT2D eigenvalue weighted by molar-refractivity contribution is 5.03. The van der Waals surface area contributed by atoms with Gasteiger partial charge in [0.2, 0.25) is 0 Å². The van der Waals surface area contributed by atoms with Crippen LogP contribution >= 0.6 is 0 Å². The molecule has 6 nitrogen and oxygen atoms in total. The first-order valence-corrected chi connectivity index (χ1v) is 3.44. The van der Waals surface area contributed by atoms with Crippen molar-refractivity contribution in [2.75, 3.05) is 13.2 Å². The second-order valence-corrected chi connectivity index (χ2v) is 2.22. The molecule has 8 N–H and O–H groups in total. The van der Waals surface area contributed by atoms with Gasteiger partial charge in [0.05, 0.1) is 6.07 Å². The van der Waals surface area contributed by atoms with Gasteiger partial charge in [-0.2, -0.15) is 5.26 Å². The van der Waals surface area contributed by atoms with Crippen molar-refractivity contribution >= 4 is 0 Å². The maximum Gasteiger partial charge on any atom is 0.108 e. The van der Waals surface area contributed by atoms with Gasteiger partial charge in [-0.3, -0.25) is 11.7 Å². The van der Waals surface area contributed by atoms with Crippen molar-refractivity contribution in [1.82, 2.24) is 0 Å². The maximum atomic E-state index is 8.45. The average molecular weight is 176 g/mol. The minimum atomic E-state index is -1.05. The summed E-state index contributed by atoms with van der Waals surface area (Å²) >= 11 is 0. The third kappa shape index (κ3) is 6.03. The Kier molecular flexibility index (Phi) is 9.68. The van der Waals surface area contributed by atoms with Crippen LogP contribution in [0.4, 0.5) is 0 Å². The van der Waals surface area contributed by atoms with Gasteiger partial charge in [-0.05, 0) is 0 Å². The quantitative estimate of drug-likeness (QED) is 0.243. The Morgan fingerprint density at radius 2 is 1.50 bits per heavy atom. The molecule has 0 saturated heterocycles. The Labute approximate surface area is 71.5 Å². The number of aliphatic hydroxyl groups excluding tert-OH is 2. The molecule has 0 aliphatic carbocycles. The predicted molar refractivity (Wildman–Crippen MR) is 44.3 cm³/mol. The van der Waals surface area contributed by atoms with Gasteiger partial charge in [-0.25, -0.2) is 0 Å². The fourth-order valence-corrected chi connectivity index (χ4v) is 0.636. The molecule has 0 rings (SSSR count). The summed E-state index contributed by atoms with van der Waals surface area (Å²) in [5, 5.41) is 25.3. The van der Waals surface area contributed by atoms with Crippen molar-refractivity contribution in [2.45, 2.75) is 18.4 Å². The number of nitrogens with two attached hydrogens (primary N) is 3. The summed E-state index contributed by atoms with van der Waals surface area (Å²) in [6, 6.07) is 1.84. The predicted octanol–water partition coefficient (Wildman–Crippen LogP) is -2.21. The van der Waals surface area contributed by atoms with Crippen LogP contribution in [0.15, 0.2) is 0 Å². The topological polar surface area (TPSA) is 142 Å². The van der Waals surface area contributed by atoms with Crippen molar-refractivity contribution in [3.63, 3.8) is 0 Å². The van der Waals surface area contributed by atoms with Crippen LogP contribution in [0.25, 0.3) is 0 Å². The van der Waals surface area contributed by atoms with Gasteiger partial charge in [0.15, 0.2) is 0 Å². The van der Waals surface area contributed by atoms with Crippen LogP contribution in [0.5, 0.6) is 0 Å². The smallest absolute Gasteiger partial charge is 0.108 e. The van der Waals surface area contributed by atoms with E-state index in [-0.39, 0.29) is 26.1 Å². The van der Waals surface area contributed by atoms with Gasteiger partial charge >= 0.3 is 0 Å². The Hall–Kier alpha value is -0.710. The summed E-state index contributed by atoms with van der Waals surface area (Å²) < 4.78 is 0. The number of hydrogen-bond donors (Lipinski definition) is 5. The number of nitriles is 1. The molecular formula is C6H16N4O2. The molecule has 0 saturated carbocycles. The summed E-state index contributed by atoms with van der Waals surface area (Å²) in [4.78, 5) is 0. The van der Waals surface area contributed by atoms with Crippen molar-refractivity contribution in [3.8, 4) is 6.07 Å². The average Bonchev–Trinajstić information content (AvgIpc) is 2.09. The second kappa shape index (κ2) is 8.39. The molecule has 0 aliphatic rings. The number of nitrogens with zero attached hydrogens (tertiary/aromatic N) is 1. The second-order valence-electron chi connectivity index (χ2n) is 2.22. The van der Waals surface area contributed by atoms with E-state index in [9.17, 15) is 0 Å². The molecule has 0 aliphatic heterocycles. The van der Waals surface area contributed by atoms with E-state index in [1.807, 2.05) is 6.07 Å². The third-order valence-electron chi connectivity index (χ3n) is 1.34. The molecule has 6 heteroatoms. The van der Waals surface area contributed by atoms with Gasteiger partial charge in [0.1, 0.15) is 5.54 Å². The summed E-state index contributed by atoms with van der Waals surface area (Å²) in [6.45, 7) is -0.242. The van der Waals surface area contributed by atoms with E-state index < -0.39 is 5.54 Å². The summed E-state index contributed by atoms with van der Waals surface area (Å²) in [7, 11) is 0. The molecule has 0 atom stereocenters. The molecule has 0 fully saturated rings. The minimum absolute atomic E-state index is 0.121. The third-order valence-corrected chi connectivity index (χ3v) is 1.34. The van der Waals surface area contributed by atoms with E-state index in [0.717, 1.165) is 0 Å². The number of hydrogen-bond acceptors (Lipinski definition) is 6. The van der Waals surface area contributed by atoms with E-state index in [4.69, 9.17) is 21.2 Å². The first-order chi connectivity index (χ1) is 5.68. The van der Waals surface area contributed by atoms with E-state index >= 15 is 0 Å². The highest BCUT2D eigenvalue weighted by Gasteiger charge is 2.22. The summed E-state index contributed by atoms with van der Waals surface area (Å²) in [5.41, 5.74) is 4.39. The standard InChI is InChI=1S/C6H12N2O2.H4N2/c7-5-6(8,1-3-9)2-4-10;1-2/h9-10H,1-4,8H2;1-2H2. The van der Waals surface area contributed by atoms with Gasteiger partial charge in [-0.1, -0.05) is 0 Å². The van der Waals surface area contributed by atoms with Crippen LogP contribution in [0.1, 0.15) is 12.8 Å². The number of rotatable bonds is 4. The van der Waals surface area contributed by atoms with Crippen LogP contribution < -0.4 is 17.4 Å². The Bertz CT molecular complexity index is 128. The Morgan fingerprint density at radius 1 is 1.17 bits per heavy atom. The lowest BCUT2D eigenvalue weighted by molar-refractivity contribution is 0.219. The van der Waals surface area contributed by atoms with Crippen molar-refractivity contribution in [3.05, 3.63) is 0 Å². The lowest BCUT2D eigenvalue weighted by atomic mass is 9.95. The molecule has 0 heterocycles. The molecule has 0 bridgehead atoms. The van der Waals surface area contributed by atoms with Gasteiger partial charge in [0.25, 0.3) is 0 Å². The minimum Gasteiger partial charge on any atom is -0.396 e. The Balaban J connectivity index is 0. The zero-order valence-electron chi connectivity index (χ0n) is 6.90. The molecule has 0 radical (unpaired) electrons. The van der Waals surface area contributed by atoms with E-state index in [0.29, 0.717) is 0 Å². The monoisotopic (exact) mass is 176 g/mol. The van der Waals surface area contributed by atoms with Crippen molar-refractivity contribution in [1.29, 1.82) is 5.26 Å². The van der Waals surface area contributed by atoms with Gasteiger partial charge in [0, 0.05) is 26.1 Å². The van der Waals surface area contributed by atoms with Crippen molar-refractivity contribution in [2.24, 2.45) is 17.4 Å². The Morgan fingerprint density at radius 3 is 1.67 bits per heavy atom. The molecule has 0 aromatic heterocycles. The highest BCUT2D eigenvalue weighted by atomic mass is 16.3. The SMILES string of the molecule is N#CC(N)(CCO)CCO.NN. The van der Waals surface area contributed by atoms with Crippen molar-refractivity contribution < 1.29 is 10.2 Å². The largest absolute Gasteiger partial charge is 0.396 e. The fourth-order valence-electron chi connectivity index (χ4n) is 0.636. The fraction of sp³-hybridized carbons (Fsp3) is 0.833.